The summed E-state index contributed by atoms with van der Waals surface area (Å²) in [6, 6.07) is 12.6. The third-order valence-electron chi connectivity index (χ3n) is 4.78. The fourth-order valence-corrected chi connectivity index (χ4v) is 4.16. The number of hydrogen-bond donors (Lipinski definition) is 2. The lowest BCUT2D eigenvalue weighted by atomic mass is 10.1. The summed E-state index contributed by atoms with van der Waals surface area (Å²) in [7, 11) is 0. The highest BCUT2D eigenvalue weighted by Crippen LogP contribution is 2.36. The van der Waals surface area contributed by atoms with E-state index >= 15 is 0 Å². The van der Waals surface area contributed by atoms with E-state index in [1.54, 1.807) is 18.2 Å². The molecule has 0 saturated heterocycles. The molecule has 1 atom stereocenters. The molecular formula is C24H19BrCl2F3NO5. The second-order valence-corrected chi connectivity index (χ2v) is 9.29. The van der Waals surface area contributed by atoms with Gasteiger partial charge in [-0.3, -0.25) is 4.79 Å². The van der Waals surface area contributed by atoms with Crippen molar-refractivity contribution in [3.8, 4) is 17.2 Å². The molecule has 0 amide bonds. The maximum Gasteiger partial charge on any atom is 0.573 e. The monoisotopic (exact) mass is 607 g/mol. The maximum atomic E-state index is 12.3. The van der Waals surface area contributed by atoms with Crippen molar-refractivity contribution in [2.75, 3.05) is 0 Å². The molecule has 0 aliphatic rings. The van der Waals surface area contributed by atoms with Crippen LogP contribution in [0.1, 0.15) is 16.7 Å². The molecular weight excluding hydrogens is 590 g/mol. The first kappa shape index (κ1) is 27.9. The molecule has 3 rings (SSSR count). The minimum Gasteiger partial charge on any atom is -0.488 e. The normalized spacial score (nSPS) is 12.2. The van der Waals surface area contributed by atoms with E-state index in [1.807, 2.05) is 0 Å². The summed E-state index contributed by atoms with van der Waals surface area (Å²) in [6.07, 6.45) is -4.72. The van der Waals surface area contributed by atoms with Crippen LogP contribution < -0.4 is 19.9 Å². The van der Waals surface area contributed by atoms with Crippen molar-refractivity contribution in [3.05, 3.63) is 85.8 Å². The Morgan fingerprint density at radius 1 is 0.972 bits per heavy atom. The molecule has 0 unspecified atom stereocenters. The fraction of sp³-hybridized carbons (Fsp3) is 0.208. The van der Waals surface area contributed by atoms with Crippen molar-refractivity contribution in [1.82, 2.24) is 0 Å². The first-order valence-corrected chi connectivity index (χ1v) is 11.8. The zero-order valence-electron chi connectivity index (χ0n) is 18.3. The largest absolute Gasteiger partial charge is 0.573 e. The zero-order valence-corrected chi connectivity index (χ0v) is 21.4. The minimum absolute atomic E-state index is 0.0283. The van der Waals surface area contributed by atoms with Crippen LogP contribution in [0.25, 0.3) is 0 Å². The number of carboxylic acid groups (broad SMARTS) is 1. The van der Waals surface area contributed by atoms with Gasteiger partial charge in [0, 0.05) is 10.0 Å². The Hall–Kier alpha value is -2.66. The summed E-state index contributed by atoms with van der Waals surface area (Å²) in [5, 5.41) is 9.36. The van der Waals surface area contributed by atoms with E-state index in [1.165, 1.54) is 36.4 Å². The van der Waals surface area contributed by atoms with Gasteiger partial charge in [-0.15, -0.1) is 13.2 Å². The summed E-state index contributed by atoms with van der Waals surface area (Å²) >= 11 is 16.0. The molecule has 3 N–H and O–H groups in total. The lowest BCUT2D eigenvalue weighted by Crippen LogP contribution is -2.32. The van der Waals surface area contributed by atoms with Gasteiger partial charge in [0.15, 0.2) is 5.75 Å². The third-order valence-corrected chi connectivity index (χ3v) is 5.83. The third kappa shape index (κ3) is 8.19. The second kappa shape index (κ2) is 12.1. The Balaban J connectivity index is 1.68. The Kier molecular flexibility index (Phi) is 9.35. The molecule has 0 aliphatic heterocycles. The van der Waals surface area contributed by atoms with Gasteiger partial charge in [-0.05, 0) is 60.0 Å². The molecule has 3 aromatic rings. The standard InChI is InChI=1S/C24H19BrCl2F3NO5/c25-16-3-6-21(34-11-13-1-4-17(5-2-13)36-24(28,29)30)15(10-16)12-35-22-18(26)7-14(8-19(22)27)9-20(31)23(32)33/h1-8,10,20H,9,11-12,31H2,(H,32,33)/t20-/m0/s1. The molecule has 12 heteroatoms. The number of nitrogens with two attached hydrogens (primary N) is 1. The van der Waals surface area contributed by atoms with E-state index in [-0.39, 0.29) is 41.2 Å². The Morgan fingerprint density at radius 2 is 1.61 bits per heavy atom. The van der Waals surface area contributed by atoms with Gasteiger partial charge in [-0.1, -0.05) is 51.3 Å². The first-order valence-electron chi connectivity index (χ1n) is 10.3. The predicted molar refractivity (Wildman–Crippen MR) is 132 cm³/mol. The summed E-state index contributed by atoms with van der Waals surface area (Å²) in [5.41, 5.74) is 7.38. The number of ether oxygens (including phenoxy) is 3. The Morgan fingerprint density at radius 3 is 2.19 bits per heavy atom. The van der Waals surface area contributed by atoms with Crippen LogP contribution in [0.15, 0.2) is 59.1 Å². The molecule has 6 nitrogen and oxygen atoms in total. The van der Waals surface area contributed by atoms with Crippen molar-refractivity contribution in [3.63, 3.8) is 0 Å². The van der Waals surface area contributed by atoms with E-state index in [2.05, 4.69) is 20.7 Å². The molecule has 0 aromatic heterocycles. The quantitative estimate of drug-likeness (QED) is 0.264. The van der Waals surface area contributed by atoms with E-state index in [0.717, 1.165) is 4.47 Å². The topological polar surface area (TPSA) is 91.0 Å². The number of aliphatic carboxylic acids is 1. The fourth-order valence-electron chi connectivity index (χ4n) is 3.11. The highest BCUT2D eigenvalue weighted by atomic mass is 79.9. The van der Waals surface area contributed by atoms with Crippen molar-refractivity contribution >= 4 is 45.1 Å². The predicted octanol–water partition coefficient (Wildman–Crippen LogP) is 6.77. The average molecular weight is 609 g/mol. The SMILES string of the molecule is N[C@@H](Cc1cc(Cl)c(OCc2cc(Br)ccc2OCc2ccc(OC(F)(F)F)cc2)c(Cl)c1)C(=O)O. The molecule has 0 fully saturated rings. The van der Waals surface area contributed by atoms with Gasteiger partial charge in [0.25, 0.3) is 0 Å². The van der Waals surface area contributed by atoms with Gasteiger partial charge >= 0.3 is 12.3 Å². The van der Waals surface area contributed by atoms with Crippen LogP contribution in [0, 0.1) is 0 Å². The minimum atomic E-state index is -4.76. The number of carbonyl (C=O) groups is 1. The molecule has 36 heavy (non-hydrogen) atoms. The zero-order chi connectivity index (χ0) is 26.5. The molecule has 0 heterocycles. The number of alkyl halides is 3. The molecule has 0 radical (unpaired) electrons. The van der Waals surface area contributed by atoms with Crippen molar-refractivity contribution in [1.29, 1.82) is 0 Å². The number of rotatable bonds is 10. The van der Waals surface area contributed by atoms with Gasteiger partial charge in [0.05, 0.1) is 10.0 Å². The lowest BCUT2D eigenvalue weighted by molar-refractivity contribution is -0.274. The van der Waals surface area contributed by atoms with Gasteiger partial charge in [-0.2, -0.15) is 0 Å². The number of hydrogen-bond acceptors (Lipinski definition) is 5. The maximum absolute atomic E-state index is 12.3. The van der Waals surface area contributed by atoms with Crippen LogP contribution in [-0.2, 0) is 24.4 Å². The Labute approximate surface area is 222 Å². The van der Waals surface area contributed by atoms with Crippen molar-refractivity contribution in [2.45, 2.75) is 32.0 Å². The summed E-state index contributed by atoms with van der Waals surface area (Å²) in [6.45, 7) is 0.113. The summed E-state index contributed by atoms with van der Waals surface area (Å²) in [5.74, 6) is -0.786. The van der Waals surface area contributed by atoms with Crippen LogP contribution in [0.5, 0.6) is 17.2 Å². The molecule has 192 valence electrons. The Bertz CT molecular complexity index is 1200. The van der Waals surface area contributed by atoms with Crippen LogP contribution in [0.3, 0.4) is 0 Å². The van der Waals surface area contributed by atoms with E-state index in [9.17, 15) is 18.0 Å². The summed E-state index contributed by atoms with van der Waals surface area (Å²) in [4.78, 5) is 11.0. The van der Waals surface area contributed by atoms with E-state index < -0.39 is 18.4 Å². The lowest BCUT2D eigenvalue weighted by Gasteiger charge is -2.16. The highest BCUT2D eigenvalue weighted by molar-refractivity contribution is 9.10. The molecule has 0 saturated carbocycles. The second-order valence-electron chi connectivity index (χ2n) is 7.56. The van der Waals surface area contributed by atoms with Crippen LogP contribution in [0.2, 0.25) is 10.0 Å². The number of carboxylic acids is 1. The molecule has 3 aromatic carbocycles. The van der Waals surface area contributed by atoms with Crippen molar-refractivity contribution in [2.24, 2.45) is 5.73 Å². The summed E-state index contributed by atoms with van der Waals surface area (Å²) < 4.78 is 53.3. The van der Waals surface area contributed by atoms with Gasteiger partial charge in [0.2, 0.25) is 0 Å². The molecule has 0 bridgehead atoms. The van der Waals surface area contributed by atoms with Gasteiger partial charge < -0.3 is 25.1 Å². The van der Waals surface area contributed by atoms with Gasteiger partial charge in [-0.25, -0.2) is 0 Å². The van der Waals surface area contributed by atoms with E-state index in [0.29, 0.717) is 22.4 Å². The number of benzene rings is 3. The van der Waals surface area contributed by atoms with Crippen LogP contribution in [0.4, 0.5) is 13.2 Å². The smallest absolute Gasteiger partial charge is 0.488 e. The molecule has 0 aliphatic carbocycles. The number of halogens is 6. The first-order chi connectivity index (χ1) is 16.9. The van der Waals surface area contributed by atoms with Crippen LogP contribution >= 0.6 is 39.1 Å². The van der Waals surface area contributed by atoms with Crippen LogP contribution in [-0.4, -0.2) is 23.5 Å². The highest BCUT2D eigenvalue weighted by Gasteiger charge is 2.31. The van der Waals surface area contributed by atoms with Gasteiger partial charge in [0.1, 0.15) is 30.8 Å². The van der Waals surface area contributed by atoms with E-state index in [4.69, 9.17) is 43.5 Å². The average Bonchev–Trinajstić information content (AvgIpc) is 2.78. The molecule has 0 spiro atoms. The van der Waals surface area contributed by atoms with Crippen molar-refractivity contribution < 1.29 is 37.3 Å².